The van der Waals surface area contributed by atoms with Crippen molar-refractivity contribution in [2.24, 2.45) is 5.10 Å². The molecule has 0 bridgehead atoms. The number of rotatable bonds is 10. The molecule has 1 atom stereocenters. The van der Waals surface area contributed by atoms with Crippen LogP contribution in [0.3, 0.4) is 0 Å². The van der Waals surface area contributed by atoms with E-state index in [-0.39, 0.29) is 40.8 Å². The molecule has 0 amide bonds. The summed E-state index contributed by atoms with van der Waals surface area (Å²) >= 11 is 3.38. The van der Waals surface area contributed by atoms with Crippen LogP contribution in [-0.2, 0) is 6.61 Å². The molecule has 0 spiro atoms. The average Bonchev–Trinajstić information content (AvgIpc) is 2.95. The number of methoxy groups -OCH3 is 1. The Morgan fingerprint density at radius 3 is 2.70 bits per heavy atom. The Bertz CT molecular complexity index is 1700. The lowest BCUT2D eigenvalue weighted by Gasteiger charge is -2.14. The fourth-order valence-electron chi connectivity index (χ4n) is 3.97. The molecule has 206 valence electrons. The maximum absolute atomic E-state index is 13.4. The van der Waals surface area contributed by atoms with Crippen molar-refractivity contribution in [1.82, 2.24) is 9.66 Å². The third kappa shape index (κ3) is 6.01. The summed E-state index contributed by atoms with van der Waals surface area (Å²) in [6.07, 6.45) is 2.04. The van der Waals surface area contributed by atoms with Crippen molar-refractivity contribution in [2.45, 2.75) is 32.8 Å². The molecule has 1 heterocycles. The second-order valence-electron chi connectivity index (χ2n) is 8.93. The lowest BCUT2D eigenvalue weighted by molar-refractivity contribution is -0.386. The number of nitrogens with zero attached hydrogens (tertiary/aromatic N) is 4. The normalized spacial score (nSPS) is 12.0. The van der Waals surface area contributed by atoms with Crippen LogP contribution in [0.1, 0.15) is 53.5 Å². The zero-order chi connectivity index (χ0) is 29.0. The van der Waals surface area contributed by atoms with E-state index < -0.39 is 10.9 Å². The Kier molecular flexibility index (Phi) is 8.58. The molecular formula is C28H25BrN4O7. The van der Waals surface area contributed by atoms with Gasteiger partial charge in [-0.2, -0.15) is 9.78 Å². The molecule has 0 radical (unpaired) electrons. The Labute approximate surface area is 237 Å². The van der Waals surface area contributed by atoms with E-state index in [9.17, 15) is 24.8 Å². The summed E-state index contributed by atoms with van der Waals surface area (Å²) in [7, 11) is 1.34. The van der Waals surface area contributed by atoms with E-state index in [1.165, 1.54) is 42.3 Å². The minimum Gasteiger partial charge on any atom is -0.493 e. The van der Waals surface area contributed by atoms with Gasteiger partial charge in [-0.25, -0.2) is 9.78 Å². The quantitative estimate of drug-likeness (QED) is 0.136. The number of ether oxygens (including phenoxy) is 2. The topological polar surface area (TPSA) is 146 Å². The zero-order valence-electron chi connectivity index (χ0n) is 21.8. The number of benzene rings is 3. The van der Waals surface area contributed by atoms with Crippen LogP contribution in [0.5, 0.6) is 11.5 Å². The van der Waals surface area contributed by atoms with E-state index in [1.807, 2.05) is 13.8 Å². The van der Waals surface area contributed by atoms with Crippen molar-refractivity contribution < 1.29 is 24.3 Å². The van der Waals surface area contributed by atoms with Crippen LogP contribution in [0.25, 0.3) is 10.9 Å². The van der Waals surface area contributed by atoms with Crippen molar-refractivity contribution >= 4 is 44.7 Å². The summed E-state index contributed by atoms with van der Waals surface area (Å²) in [4.78, 5) is 40.6. The van der Waals surface area contributed by atoms with Gasteiger partial charge in [0, 0.05) is 22.0 Å². The number of nitro benzene ring substituents is 1. The van der Waals surface area contributed by atoms with Crippen LogP contribution in [0.2, 0.25) is 0 Å². The van der Waals surface area contributed by atoms with Crippen molar-refractivity contribution in [3.8, 4) is 11.5 Å². The van der Waals surface area contributed by atoms with Gasteiger partial charge in [0.05, 0.1) is 34.7 Å². The van der Waals surface area contributed by atoms with Crippen molar-refractivity contribution in [2.75, 3.05) is 7.11 Å². The predicted molar refractivity (Wildman–Crippen MR) is 153 cm³/mol. The number of aromatic nitrogens is 2. The second-order valence-corrected chi connectivity index (χ2v) is 9.84. The van der Waals surface area contributed by atoms with Gasteiger partial charge in [-0.3, -0.25) is 14.9 Å². The van der Waals surface area contributed by atoms with E-state index in [4.69, 9.17) is 9.47 Å². The van der Waals surface area contributed by atoms with Crippen molar-refractivity contribution in [3.63, 3.8) is 0 Å². The summed E-state index contributed by atoms with van der Waals surface area (Å²) < 4.78 is 13.0. The van der Waals surface area contributed by atoms with E-state index in [0.717, 1.165) is 4.47 Å². The summed E-state index contributed by atoms with van der Waals surface area (Å²) in [5, 5.41) is 25.9. The van der Waals surface area contributed by atoms with Gasteiger partial charge in [0.1, 0.15) is 12.4 Å². The number of carboxylic acid groups (broad SMARTS) is 1. The first-order valence-electron chi connectivity index (χ1n) is 12.2. The Hall–Kier alpha value is -4.58. The summed E-state index contributed by atoms with van der Waals surface area (Å²) in [5.41, 5.74) is 0.654. The fraction of sp³-hybridized carbons (Fsp3) is 0.214. The fourth-order valence-corrected chi connectivity index (χ4v) is 4.33. The Morgan fingerprint density at radius 2 is 2.02 bits per heavy atom. The molecular weight excluding hydrogens is 584 g/mol. The molecule has 1 N–H and O–H groups in total. The molecule has 0 aliphatic rings. The standard InChI is InChI=1S/C28H25BrN4O7/c1-4-16(2)26-31-22-9-8-20(29)13-21(22)27(34)32(26)30-14-18-11-23(33(37)38)25(24(12-18)39-3)40-15-17-6-5-7-19(10-17)28(35)36/h5-14,16H,4,15H2,1-3H3,(H,35,36)/t16-/m0/s1. The first kappa shape index (κ1) is 28.4. The maximum atomic E-state index is 13.4. The van der Waals surface area contributed by atoms with Crippen LogP contribution >= 0.6 is 15.9 Å². The van der Waals surface area contributed by atoms with Crippen LogP contribution in [-0.4, -0.2) is 39.0 Å². The third-order valence-corrected chi connectivity index (χ3v) is 6.73. The predicted octanol–water partition coefficient (Wildman–Crippen LogP) is 5.75. The van der Waals surface area contributed by atoms with Gasteiger partial charge in [0.2, 0.25) is 5.75 Å². The number of fused-ring (bicyclic) bond motifs is 1. The van der Waals surface area contributed by atoms with Gasteiger partial charge < -0.3 is 14.6 Å². The van der Waals surface area contributed by atoms with Crippen LogP contribution < -0.4 is 15.0 Å². The molecule has 0 unspecified atom stereocenters. The molecule has 0 aliphatic heterocycles. The van der Waals surface area contributed by atoms with Gasteiger partial charge in [-0.05, 0) is 48.4 Å². The number of carboxylic acids is 1. The number of aromatic carboxylic acids is 1. The molecule has 0 saturated heterocycles. The van der Waals surface area contributed by atoms with Crippen LogP contribution in [0.4, 0.5) is 5.69 Å². The second kappa shape index (κ2) is 12.1. The zero-order valence-corrected chi connectivity index (χ0v) is 23.4. The lowest BCUT2D eigenvalue weighted by Crippen LogP contribution is -2.23. The van der Waals surface area contributed by atoms with Crippen LogP contribution in [0, 0.1) is 10.1 Å². The van der Waals surface area contributed by atoms with Gasteiger partial charge in [-0.15, -0.1) is 0 Å². The van der Waals surface area contributed by atoms with Gasteiger partial charge in [-0.1, -0.05) is 41.9 Å². The van der Waals surface area contributed by atoms with Crippen molar-refractivity contribution in [1.29, 1.82) is 0 Å². The van der Waals surface area contributed by atoms with E-state index in [0.29, 0.717) is 34.3 Å². The maximum Gasteiger partial charge on any atom is 0.335 e. The van der Waals surface area contributed by atoms with E-state index in [1.54, 1.807) is 30.3 Å². The molecule has 0 saturated carbocycles. The molecule has 1 aromatic heterocycles. The third-order valence-electron chi connectivity index (χ3n) is 6.24. The minimum absolute atomic E-state index is 0.0664. The van der Waals surface area contributed by atoms with Gasteiger partial charge in [0.15, 0.2) is 5.75 Å². The molecule has 4 rings (SSSR count). The molecule has 40 heavy (non-hydrogen) atoms. The number of halogens is 1. The van der Waals surface area contributed by atoms with E-state index >= 15 is 0 Å². The van der Waals surface area contributed by atoms with E-state index in [2.05, 4.69) is 26.0 Å². The monoisotopic (exact) mass is 608 g/mol. The highest BCUT2D eigenvalue weighted by Crippen LogP contribution is 2.38. The summed E-state index contributed by atoms with van der Waals surface area (Å²) in [5.74, 6) is -0.778. The molecule has 0 aliphatic carbocycles. The molecule has 3 aromatic carbocycles. The Morgan fingerprint density at radius 1 is 1.25 bits per heavy atom. The highest BCUT2D eigenvalue weighted by molar-refractivity contribution is 9.10. The average molecular weight is 609 g/mol. The highest BCUT2D eigenvalue weighted by atomic mass is 79.9. The van der Waals surface area contributed by atoms with Gasteiger partial charge in [0.25, 0.3) is 5.56 Å². The number of nitro groups is 1. The summed E-state index contributed by atoms with van der Waals surface area (Å²) in [6.45, 7) is 3.78. The molecule has 11 nitrogen and oxygen atoms in total. The number of carbonyl (C=O) groups is 1. The van der Waals surface area contributed by atoms with Gasteiger partial charge >= 0.3 is 11.7 Å². The largest absolute Gasteiger partial charge is 0.493 e. The Balaban J connectivity index is 1.75. The molecule has 4 aromatic rings. The summed E-state index contributed by atoms with van der Waals surface area (Å²) in [6, 6.07) is 14.1. The first-order chi connectivity index (χ1) is 19.1. The minimum atomic E-state index is -1.10. The smallest absolute Gasteiger partial charge is 0.335 e. The number of hydrogen-bond acceptors (Lipinski definition) is 8. The number of hydrogen-bond donors (Lipinski definition) is 1. The molecule has 12 heteroatoms. The SMILES string of the molecule is CC[C@H](C)c1nc2ccc(Br)cc2c(=O)n1N=Cc1cc(OC)c(OCc2cccc(C(=O)O)c2)c([N+](=O)[O-])c1. The lowest BCUT2D eigenvalue weighted by atomic mass is 10.1. The van der Waals surface area contributed by atoms with Crippen LogP contribution in [0.15, 0.2) is 69.0 Å². The highest BCUT2D eigenvalue weighted by Gasteiger charge is 2.23. The van der Waals surface area contributed by atoms with Crippen molar-refractivity contribution in [3.05, 3.63) is 102 Å². The molecule has 0 fully saturated rings. The first-order valence-corrected chi connectivity index (χ1v) is 13.0.